The minimum atomic E-state index is -0.381. The van der Waals surface area contributed by atoms with Gasteiger partial charge in [0.15, 0.2) is 0 Å². The Labute approximate surface area is 84.6 Å². The zero-order valence-corrected chi connectivity index (χ0v) is 9.04. The minimum Gasteiger partial charge on any atom is -0.444 e. The van der Waals surface area contributed by atoms with Crippen LogP contribution < -0.4 is 5.32 Å². The van der Waals surface area contributed by atoms with Gasteiger partial charge in [0, 0.05) is 25.6 Å². The Kier molecular flexibility index (Phi) is 2.18. The SMILES string of the molecule is CC(C)(C)OC(=O)N1C[C@H]2CNC[C@@H]21. The standard InChI is InChI=1S/C10H18N2O2/c1-10(2,3)14-9(13)12-6-7-4-11-5-8(7)12/h7-8,11H,4-6H2,1-3H3/t7-,8+/m1/s1. The van der Waals surface area contributed by atoms with E-state index < -0.39 is 0 Å². The minimum absolute atomic E-state index is 0.164. The van der Waals surface area contributed by atoms with E-state index in [4.69, 9.17) is 4.74 Å². The summed E-state index contributed by atoms with van der Waals surface area (Å²) in [5.41, 5.74) is -0.381. The number of amides is 1. The molecule has 2 aliphatic rings. The zero-order chi connectivity index (χ0) is 10.3. The molecule has 2 heterocycles. The molecule has 0 aromatic carbocycles. The molecular formula is C10H18N2O2. The first-order chi connectivity index (χ1) is 6.47. The monoisotopic (exact) mass is 198 g/mol. The van der Waals surface area contributed by atoms with Gasteiger partial charge in [-0.3, -0.25) is 0 Å². The number of hydrogen-bond acceptors (Lipinski definition) is 3. The molecule has 0 bridgehead atoms. The van der Waals surface area contributed by atoms with Crippen molar-refractivity contribution < 1.29 is 9.53 Å². The lowest BCUT2D eigenvalue weighted by Gasteiger charge is -2.43. The first kappa shape index (κ1) is 9.77. The van der Waals surface area contributed by atoms with Gasteiger partial charge in [-0.05, 0) is 20.8 Å². The third-order valence-corrected chi connectivity index (χ3v) is 2.76. The van der Waals surface area contributed by atoms with E-state index in [0.29, 0.717) is 12.0 Å². The zero-order valence-electron chi connectivity index (χ0n) is 9.04. The molecule has 0 aromatic heterocycles. The molecule has 0 spiro atoms. The fraction of sp³-hybridized carbons (Fsp3) is 0.900. The average Bonchev–Trinajstić information content (AvgIpc) is 2.28. The molecule has 0 aromatic rings. The second-order valence-electron chi connectivity index (χ2n) is 5.12. The highest BCUT2D eigenvalue weighted by atomic mass is 16.6. The number of likely N-dealkylation sites (tertiary alicyclic amines) is 1. The van der Waals surface area contributed by atoms with E-state index in [2.05, 4.69) is 5.32 Å². The van der Waals surface area contributed by atoms with Crippen molar-refractivity contribution >= 4 is 6.09 Å². The largest absolute Gasteiger partial charge is 0.444 e. The molecular weight excluding hydrogens is 180 g/mol. The molecule has 80 valence electrons. The molecule has 0 radical (unpaired) electrons. The maximum Gasteiger partial charge on any atom is 0.410 e. The number of ether oxygens (including phenoxy) is 1. The van der Waals surface area contributed by atoms with Crippen molar-refractivity contribution in [3.05, 3.63) is 0 Å². The Morgan fingerprint density at radius 3 is 2.71 bits per heavy atom. The summed E-state index contributed by atoms with van der Waals surface area (Å²) in [7, 11) is 0. The van der Waals surface area contributed by atoms with Crippen LogP contribution in [-0.2, 0) is 4.74 Å². The van der Waals surface area contributed by atoms with Gasteiger partial charge < -0.3 is 15.0 Å². The van der Waals surface area contributed by atoms with Gasteiger partial charge in [-0.15, -0.1) is 0 Å². The van der Waals surface area contributed by atoms with Crippen molar-refractivity contribution in [2.75, 3.05) is 19.6 Å². The van der Waals surface area contributed by atoms with Crippen LogP contribution in [0.5, 0.6) is 0 Å². The summed E-state index contributed by atoms with van der Waals surface area (Å²) in [5.74, 6) is 0.655. The van der Waals surface area contributed by atoms with E-state index in [0.717, 1.165) is 19.6 Å². The number of nitrogens with zero attached hydrogens (tertiary/aromatic N) is 1. The molecule has 0 saturated carbocycles. The molecule has 0 aliphatic carbocycles. The lowest BCUT2D eigenvalue weighted by atomic mass is 9.93. The quantitative estimate of drug-likeness (QED) is 0.626. The van der Waals surface area contributed by atoms with Crippen LogP contribution in [0.3, 0.4) is 0 Å². The number of carbonyl (C=O) groups is 1. The summed E-state index contributed by atoms with van der Waals surface area (Å²) < 4.78 is 5.31. The lowest BCUT2D eigenvalue weighted by Crippen LogP contribution is -2.59. The van der Waals surface area contributed by atoms with Gasteiger partial charge in [-0.1, -0.05) is 0 Å². The molecule has 1 amide bonds. The Hall–Kier alpha value is -0.770. The third kappa shape index (κ3) is 1.71. The van der Waals surface area contributed by atoms with E-state index in [1.165, 1.54) is 0 Å². The molecule has 2 saturated heterocycles. The summed E-state index contributed by atoms with van der Waals surface area (Å²) in [6.07, 6.45) is -0.164. The van der Waals surface area contributed by atoms with Crippen LogP contribution >= 0.6 is 0 Å². The van der Waals surface area contributed by atoms with E-state index >= 15 is 0 Å². The van der Waals surface area contributed by atoms with E-state index in [1.807, 2.05) is 25.7 Å². The van der Waals surface area contributed by atoms with Gasteiger partial charge in [0.05, 0.1) is 6.04 Å². The van der Waals surface area contributed by atoms with E-state index in [9.17, 15) is 4.79 Å². The first-order valence-corrected chi connectivity index (χ1v) is 5.18. The van der Waals surface area contributed by atoms with Gasteiger partial charge in [0.2, 0.25) is 0 Å². The van der Waals surface area contributed by atoms with Crippen LogP contribution in [0.25, 0.3) is 0 Å². The van der Waals surface area contributed by atoms with Crippen LogP contribution in [0.4, 0.5) is 4.79 Å². The summed E-state index contributed by atoms with van der Waals surface area (Å²) in [5, 5.41) is 3.28. The number of nitrogens with one attached hydrogen (secondary N) is 1. The summed E-state index contributed by atoms with van der Waals surface area (Å²) in [6, 6.07) is 0.379. The Morgan fingerprint density at radius 1 is 1.43 bits per heavy atom. The fourth-order valence-electron chi connectivity index (χ4n) is 2.05. The first-order valence-electron chi connectivity index (χ1n) is 5.18. The van der Waals surface area contributed by atoms with Crippen LogP contribution in [-0.4, -0.2) is 42.3 Å². The van der Waals surface area contributed by atoms with Crippen molar-refractivity contribution in [3.63, 3.8) is 0 Å². The highest BCUT2D eigenvalue weighted by molar-refractivity contribution is 5.70. The van der Waals surface area contributed by atoms with Crippen molar-refractivity contribution in [2.45, 2.75) is 32.4 Å². The van der Waals surface area contributed by atoms with Gasteiger partial charge in [-0.25, -0.2) is 4.79 Å². The Bertz CT molecular complexity index is 247. The molecule has 0 unspecified atom stereocenters. The molecule has 2 fully saturated rings. The maximum atomic E-state index is 11.7. The van der Waals surface area contributed by atoms with Crippen LogP contribution in [0, 0.1) is 5.92 Å². The van der Waals surface area contributed by atoms with Gasteiger partial charge in [0.25, 0.3) is 0 Å². The van der Waals surface area contributed by atoms with Gasteiger partial charge >= 0.3 is 6.09 Å². The van der Waals surface area contributed by atoms with Crippen molar-refractivity contribution in [1.82, 2.24) is 10.2 Å². The lowest BCUT2D eigenvalue weighted by molar-refractivity contribution is -0.0163. The second-order valence-corrected chi connectivity index (χ2v) is 5.12. The highest BCUT2D eigenvalue weighted by Crippen LogP contribution is 2.29. The van der Waals surface area contributed by atoms with Crippen LogP contribution in [0.15, 0.2) is 0 Å². The van der Waals surface area contributed by atoms with E-state index in [1.54, 1.807) is 0 Å². The highest BCUT2D eigenvalue weighted by Gasteiger charge is 2.46. The number of carbonyl (C=O) groups excluding carboxylic acids is 1. The summed E-state index contributed by atoms with van der Waals surface area (Å²) >= 11 is 0. The van der Waals surface area contributed by atoms with Crippen molar-refractivity contribution in [1.29, 1.82) is 0 Å². The number of rotatable bonds is 0. The number of fused-ring (bicyclic) bond motifs is 1. The summed E-state index contributed by atoms with van der Waals surface area (Å²) in [6.45, 7) is 8.51. The maximum absolute atomic E-state index is 11.7. The molecule has 2 atom stereocenters. The van der Waals surface area contributed by atoms with Crippen LogP contribution in [0.2, 0.25) is 0 Å². The second kappa shape index (κ2) is 3.12. The normalized spacial score (nSPS) is 30.9. The average molecular weight is 198 g/mol. The molecule has 4 heteroatoms. The number of hydrogen-bond donors (Lipinski definition) is 1. The predicted octanol–water partition coefficient (Wildman–Crippen LogP) is 0.825. The Balaban J connectivity index is 1.88. The molecule has 2 aliphatic heterocycles. The predicted molar refractivity (Wildman–Crippen MR) is 53.1 cm³/mol. The molecule has 14 heavy (non-hydrogen) atoms. The third-order valence-electron chi connectivity index (χ3n) is 2.76. The fourth-order valence-corrected chi connectivity index (χ4v) is 2.05. The van der Waals surface area contributed by atoms with Crippen molar-refractivity contribution in [3.8, 4) is 0 Å². The van der Waals surface area contributed by atoms with Gasteiger partial charge in [0.1, 0.15) is 5.60 Å². The van der Waals surface area contributed by atoms with Crippen molar-refractivity contribution in [2.24, 2.45) is 5.92 Å². The topological polar surface area (TPSA) is 41.6 Å². The summed E-state index contributed by atoms with van der Waals surface area (Å²) in [4.78, 5) is 13.5. The molecule has 1 N–H and O–H groups in total. The molecule has 4 nitrogen and oxygen atoms in total. The smallest absolute Gasteiger partial charge is 0.410 e. The van der Waals surface area contributed by atoms with Crippen LogP contribution in [0.1, 0.15) is 20.8 Å². The van der Waals surface area contributed by atoms with Gasteiger partial charge in [-0.2, -0.15) is 0 Å². The van der Waals surface area contributed by atoms with E-state index in [-0.39, 0.29) is 11.7 Å². The molecule has 2 rings (SSSR count). The Morgan fingerprint density at radius 2 is 2.14 bits per heavy atom.